The molecule has 0 radical (unpaired) electrons. The van der Waals surface area contributed by atoms with Gasteiger partial charge in [-0.1, -0.05) is 37.3 Å². The van der Waals surface area contributed by atoms with Gasteiger partial charge in [-0.2, -0.15) is 0 Å². The number of nitrogens with two attached hydrogens (primary N) is 1. The first-order valence-electron chi connectivity index (χ1n) is 10.2. The third kappa shape index (κ3) is 5.08. The zero-order valence-corrected chi connectivity index (χ0v) is 16.3. The summed E-state index contributed by atoms with van der Waals surface area (Å²) in [5.41, 5.74) is 7.00. The predicted molar refractivity (Wildman–Crippen MR) is 106 cm³/mol. The van der Waals surface area contributed by atoms with E-state index < -0.39 is 6.04 Å². The molecule has 0 aliphatic carbocycles. The van der Waals surface area contributed by atoms with Gasteiger partial charge in [0, 0.05) is 45.7 Å². The minimum Gasteiger partial charge on any atom is -0.341 e. The summed E-state index contributed by atoms with van der Waals surface area (Å²) in [4.78, 5) is 31.5. The second-order valence-electron chi connectivity index (χ2n) is 7.68. The second kappa shape index (κ2) is 9.33. The van der Waals surface area contributed by atoms with Gasteiger partial charge < -0.3 is 20.4 Å². The number of amides is 2. The lowest BCUT2D eigenvalue weighted by atomic mass is 9.92. The molecule has 0 saturated carbocycles. The summed E-state index contributed by atoms with van der Waals surface area (Å²) in [6, 6.07) is 8.92. The number of likely N-dealkylation sites (N-methyl/N-ethyl adjacent to an activating group) is 1. The fourth-order valence-electron chi connectivity index (χ4n) is 4.05. The first-order valence-corrected chi connectivity index (χ1v) is 10.2. The highest BCUT2D eigenvalue weighted by Crippen LogP contribution is 2.24. The third-order valence-electron chi connectivity index (χ3n) is 5.99. The van der Waals surface area contributed by atoms with Crippen LogP contribution in [-0.4, -0.2) is 72.3 Å². The highest BCUT2D eigenvalue weighted by Gasteiger charge is 2.29. The van der Waals surface area contributed by atoms with E-state index in [2.05, 4.69) is 11.8 Å². The van der Waals surface area contributed by atoms with Gasteiger partial charge in [0.25, 0.3) is 0 Å². The molecule has 6 nitrogen and oxygen atoms in total. The largest absolute Gasteiger partial charge is 0.341 e. The highest BCUT2D eigenvalue weighted by atomic mass is 16.2. The van der Waals surface area contributed by atoms with Gasteiger partial charge in [0.05, 0.1) is 0 Å². The third-order valence-corrected chi connectivity index (χ3v) is 5.99. The van der Waals surface area contributed by atoms with Crippen LogP contribution in [0, 0.1) is 5.92 Å². The molecule has 2 amide bonds. The van der Waals surface area contributed by atoms with Crippen molar-refractivity contribution in [2.45, 2.75) is 32.2 Å². The molecule has 0 spiro atoms. The lowest BCUT2D eigenvalue weighted by Gasteiger charge is -2.36. The molecule has 27 heavy (non-hydrogen) atoms. The summed E-state index contributed by atoms with van der Waals surface area (Å²) in [6.45, 7) is 8.25. The standard InChI is InChI=1S/C21H32N4O2/c1-2-23-12-14-24(15-13-23)19(26)16-17-8-10-25(11-9-17)21(27)20(22)18-6-4-3-5-7-18/h3-7,17,20H,2,8-16,22H2,1H3. The molecule has 1 atom stereocenters. The van der Waals surface area contributed by atoms with E-state index in [9.17, 15) is 9.59 Å². The number of piperidine rings is 1. The summed E-state index contributed by atoms with van der Waals surface area (Å²) in [5, 5.41) is 0. The molecule has 6 heteroatoms. The molecule has 2 heterocycles. The number of hydrogen-bond acceptors (Lipinski definition) is 4. The minimum atomic E-state index is -0.598. The van der Waals surface area contributed by atoms with Crippen molar-refractivity contribution in [1.29, 1.82) is 0 Å². The molecule has 0 bridgehead atoms. The minimum absolute atomic E-state index is 0.0123. The molecule has 148 valence electrons. The molecule has 1 aromatic carbocycles. The van der Waals surface area contributed by atoms with Crippen LogP contribution in [0.1, 0.15) is 37.8 Å². The second-order valence-corrected chi connectivity index (χ2v) is 7.68. The number of rotatable bonds is 5. The average molecular weight is 373 g/mol. The Bertz CT molecular complexity index is 620. The number of carbonyl (C=O) groups excluding carboxylic acids is 2. The Hall–Kier alpha value is -1.92. The van der Waals surface area contributed by atoms with Gasteiger partial charge in [0.2, 0.25) is 11.8 Å². The molecule has 2 fully saturated rings. The predicted octanol–water partition coefficient (Wildman–Crippen LogP) is 1.48. The van der Waals surface area contributed by atoms with Crippen molar-refractivity contribution < 1.29 is 9.59 Å². The molecule has 2 aliphatic rings. The number of piperazine rings is 1. The quantitative estimate of drug-likeness (QED) is 0.850. The molecular formula is C21H32N4O2. The Morgan fingerprint density at radius 2 is 1.63 bits per heavy atom. The van der Waals surface area contributed by atoms with Gasteiger partial charge in [-0.25, -0.2) is 0 Å². The summed E-state index contributed by atoms with van der Waals surface area (Å²) in [7, 11) is 0. The van der Waals surface area contributed by atoms with E-state index in [1.807, 2.05) is 40.1 Å². The molecule has 1 unspecified atom stereocenters. The van der Waals surface area contributed by atoms with E-state index >= 15 is 0 Å². The monoisotopic (exact) mass is 372 g/mol. The molecule has 2 N–H and O–H groups in total. The van der Waals surface area contributed by atoms with E-state index in [0.29, 0.717) is 25.4 Å². The average Bonchev–Trinajstić information content (AvgIpc) is 2.74. The van der Waals surface area contributed by atoms with Crippen LogP contribution in [0.4, 0.5) is 0 Å². The van der Waals surface area contributed by atoms with Gasteiger partial charge in [-0.15, -0.1) is 0 Å². The van der Waals surface area contributed by atoms with Crippen LogP contribution in [0.5, 0.6) is 0 Å². The van der Waals surface area contributed by atoms with Crippen molar-refractivity contribution in [2.24, 2.45) is 11.7 Å². The van der Waals surface area contributed by atoms with Gasteiger partial charge in [0.15, 0.2) is 0 Å². The first-order chi connectivity index (χ1) is 13.1. The fourth-order valence-corrected chi connectivity index (χ4v) is 4.05. The number of carbonyl (C=O) groups is 2. The van der Waals surface area contributed by atoms with Gasteiger partial charge in [-0.3, -0.25) is 9.59 Å². The maximum absolute atomic E-state index is 12.7. The van der Waals surface area contributed by atoms with Crippen molar-refractivity contribution in [3.05, 3.63) is 35.9 Å². The van der Waals surface area contributed by atoms with Crippen LogP contribution in [0.2, 0.25) is 0 Å². The molecule has 2 saturated heterocycles. The highest BCUT2D eigenvalue weighted by molar-refractivity contribution is 5.83. The Morgan fingerprint density at radius 3 is 2.22 bits per heavy atom. The van der Waals surface area contributed by atoms with Crippen LogP contribution >= 0.6 is 0 Å². The normalized spacial score (nSPS) is 20.5. The number of likely N-dealkylation sites (tertiary alicyclic amines) is 1. The summed E-state index contributed by atoms with van der Waals surface area (Å²) < 4.78 is 0. The van der Waals surface area contributed by atoms with Crippen LogP contribution in [0.15, 0.2) is 30.3 Å². The SMILES string of the molecule is CCN1CCN(C(=O)CC2CCN(C(=O)C(N)c3ccccc3)CC2)CC1. The molecule has 0 aromatic heterocycles. The van der Waals surface area contributed by atoms with Crippen molar-refractivity contribution in [3.63, 3.8) is 0 Å². The Labute approximate surface area is 162 Å². The van der Waals surface area contributed by atoms with Crippen LogP contribution in [-0.2, 0) is 9.59 Å². The molecule has 3 rings (SSSR count). The van der Waals surface area contributed by atoms with E-state index in [4.69, 9.17) is 5.73 Å². The zero-order chi connectivity index (χ0) is 19.2. The zero-order valence-electron chi connectivity index (χ0n) is 16.3. The Morgan fingerprint density at radius 1 is 1.00 bits per heavy atom. The Kier molecular flexibility index (Phi) is 6.85. The number of benzene rings is 1. The van der Waals surface area contributed by atoms with Crippen molar-refractivity contribution >= 4 is 11.8 Å². The summed E-state index contributed by atoms with van der Waals surface area (Å²) in [6.07, 6.45) is 2.38. The van der Waals surface area contributed by atoms with Crippen LogP contribution in [0.25, 0.3) is 0 Å². The maximum atomic E-state index is 12.7. The lowest BCUT2D eigenvalue weighted by Crippen LogP contribution is -2.49. The fraction of sp³-hybridized carbons (Fsp3) is 0.619. The van der Waals surface area contributed by atoms with Crippen molar-refractivity contribution in [3.8, 4) is 0 Å². The first kappa shape index (κ1) is 19.8. The molecule has 2 aliphatic heterocycles. The van der Waals surface area contributed by atoms with E-state index in [0.717, 1.165) is 51.1 Å². The summed E-state index contributed by atoms with van der Waals surface area (Å²) >= 11 is 0. The van der Waals surface area contributed by atoms with Crippen LogP contribution < -0.4 is 5.73 Å². The Balaban J connectivity index is 1.43. The molecular weight excluding hydrogens is 340 g/mol. The van der Waals surface area contributed by atoms with E-state index in [-0.39, 0.29) is 11.8 Å². The van der Waals surface area contributed by atoms with Gasteiger partial charge in [0.1, 0.15) is 6.04 Å². The summed E-state index contributed by atoms with van der Waals surface area (Å²) in [5.74, 6) is 0.636. The van der Waals surface area contributed by atoms with Gasteiger partial charge >= 0.3 is 0 Å². The van der Waals surface area contributed by atoms with Gasteiger partial charge in [-0.05, 0) is 30.9 Å². The maximum Gasteiger partial charge on any atom is 0.244 e. The van der Waals surface area contributed by atoms with E-state index in [1.54, 1.807) is 0 Å². The smallest absolute Gasteiger partial charge is 0.244 e. The number of nitrogens with zero attached hydrogens (tertiary/aromatic N) is 3. The number of hydrogen-bond donors (Lipinski definition) is 1. The van der Waals surface area contributed by atoms with Crippen LogP contribution in [0.3, 0.4) is 0 Å². The lowest BCUT2D eigenvalue weighted by molar-refractivity contribution is -0.135. The molecule has 1 aromatic rings. The topological polar surface area (TPSA) is 69.9 Å². The van der Waals surface area contributed by atoms with Crippen molar-refractivity contribution in [1.82, 2.24) is 14.7 Å². The van der Waals surface area contributed by atoms with Crippen molar-refractivity contribution in [2.75, 3.05) is 45.8 Å². The van der Waals surface area contributed by atoms with E-state index in [1.165, 1.54) is 0 Å².